The number of piperidine rings is 1. The molecule has 2 heterocycles. The number of hydrogen-bond acceptors (Lipinski definition) is 7. The van der Waals surface area contributed by atoms with E-state index < -0.39 is 12.2 Å². The summed E-state index contributed by atoms with van der Waals surface area (Å²) < 4.78 is 13.1. The number of aliphatic hydroxyl groups excluding tert-OH is 1. The molecule has 0 unspecified atom stereocenters. The molecule has 45 heavy (non-hydrogen) atoms. The topological polar surface area (TPSA) is 120 Å². The average molecular weight is 616 g/mol. The van der Waals surface area contributed by atoms with Gasteiger partial charge in [-0.2, -0.15) is 0 Å². The number of nitrogens with one attached hydrogen (secondary N) is 2. The summed E-state index contributed by atoms with van der Waals surface area (Å²) in [5, 5.41) is 21.1. The number of hydroxylamine groups is 1. The number of ether oxygens (including phenoxy) is 2. The van der Waals surface area contributed by atoms with Gasteiger partial charge in [0.15, 0.2) is 6.29 Å². The van der Waals surface area contributed by atoms with Gasteiger partial charge in [-0.05, 0) is 66.6 Å². The second-order valence-corrected chi connectivity index (χ2v) is 12.0. The number of carbonyl (C=O) groups excluding carboxylic acids is 2. The summed E-state index contributed by atoms with van der Waals surface area (Å²) in [7, 11) is 0. The lowest BCUT2D eigenvalue weighted by Gasteiger charge is -2.39. The molecule has 3 atom stereocenters. The van der Waals surface area contributed by atoms with Gasteiger partial charge in [0, 0.05) is 37.9 Å². The first-order valence-corrected chi connectivity index (χ1v) is 16.1. The van der Waals surface area contributed by atoms with E-state index in [4.69, 9.17) is 14.7 Å². The molecule has 3 aromatic rings. The standard InChI is InChI=1S/C36H45N3O6/c40-25-26-12-14-28(15-13-26)33-22-31(24-39-20-6-1-7-21-39)44-36(45-33)29-18-16-27(17-19-29)32-9-3-2-8-30(32)23-37-34(41)10-4-5-11-35(42)38-43/h2-3,8-9,12-19,31,33,36,40,43H,1,4-7,10-11,20-25H2,(H,37,41)(H,38,42)/t31-,33+,36+/m1/s1. The number of unbranched alkanes of at least 4 members (excludes halogenated alkanes) is 1. The minimum absolute atomic E-state index is 0.0182. The van der Waals surface area contributed by atoms with Gasteiger partial charge in [-0.15, -0.1) is 0 Å². The minimum Gasteiger partial charge on any atom is -0.392 e. The molecule has 0 aromatic heterocycles. The zero-order valence-corrected chi connectivity index (χ0v) is 25.8. The lowest BCUT2D eigenvalue weighted by atomic mass is 9.97. The Morgan fingerprint density at radius 1 is 0.822 bits per heavy atom. The van der Waals surface area contributed by atoms with Crippen molar-refractivity contribution in [1.82, 2.24) is 15.7 Å². The molecule has 3 aromatic carbocycles. The third-order valence-corrected chi connectivity index (χ3v) is 8.70. The smallest absolute Gasteiger partial charge is 0.243 e. The van der Waals surface area contributed by atoms with Crippen molar-refractivity contribution in [1.29, 1.82) is 0 Å². The second-order valence-electron chi connectivity index (χ2n) is 12.0. The Labute approximate surface area is 265 Å². The minimum atomic E-state index is -0.497. The number of nitrogens with zero attached hydrogens (tertiary/aromatic N) is 1. The number of carbonyl (C=O) groups is 2. The maximum Gasteiger partial charge on any atom is 0.243 e. The molecule has 0 spiro atoms. The molecule has 0 bridgehead atoms. The fourth-order valence-corrected chi connectivity index (χ4v) is 6.15. The van der Waals surface area contributed by atoms with E-state index in [2.05, 4.69) is 40.5 Å². The quantitative estimate of drug-likeness (QED) is 0.113. The van der Waals surface area contributed by atoms with E-state index in [1.807, 2.05) is 42.5 Å². The van der Waals surface area contributed by atoms with Gasteiger partial charge < -0.3 is 24.8 Å². The van der Waals surface area contributed by atoms with Crippen molar-refractivity contribution in [3.8, 4) is 11.1 Å². The Balaban J connectivity index is 1.25. The average Bonchev–Trinajstić information content (AvgIpc) is 3.09. The van der Waals surface area contributed by atoms with Crippen LogP contribution in [0.2, 0.25) is 0 Å². The number of rotatable bonds is 13. The van der Waals surface area contributed by atoms with Crippen LogP contribution in [0.5, 0.6) is 0 Å². The second kappa shape index (κ2) is 16.6. The molecule has 9 heteroatoms. The van der Waals surface area contributed by atoms with Crippen LogP contribution in [0, 0.1) is 0 Å². The van der Waals surface area contributed by atoms with E-state index >= 15 is 0 Å². The summed E-state index contributed by atoms with van der Waals surface area (Å²) in [5.74, 6) is -0.515. The number of hydrogen-bond donors (Lipinski definition) is 4. The van der Waals surface area contributed by atoms with Crippen LogP contribution < -0.4 is 10.8 Å². The van der Waals surface area contributed by atoms with Gasteiger partial charge in [0.25, 0.3) is 0 Å². The van der Waals surface area contributed by atoms with Crippen molar-refractivity contribution < 1.29 is 29.4 Å². The van der Waals surface area contributed by atoms with Crippen LogP contribution in [-0.4, -0.2) is 52.8 Å². The lowest BCUT2D eigenvalue weighted by Crippen LogP contribution is -2.41. The fraction of sp³-hybridized carbons (Fsp3) is 0.444. The highest BCUT2D eigenvalue weighted by molar-refractivity contribution is 5.77. The SMILES string of the molecule is O=C(CCCCC(=O)NCc1ccccc1-c1ccc([C@H]2O[C@@H](CN3CCCCC3)C[C@@H](c3ccc(CO)cc3)O2)cc1)NO. The first-order chi connectivity index (χ1) is 22.0. The van der Waals surface area contributed by atoms with E-state index in [1.165, 1.54) is 19.3 Å². The predicted octanol–water partition coefficient (Wildman–Crippen LogP) is 5.56. The van der Waals surface area contributed by atoms with E-state index in [-0.39, 0.29) is 31.1 Å². The molecule has 5 rings (SSSR count). The molecular weight excluding hydrogens is 570 g/mol. The number of benzene rings is 3. The molecule has 0 aliphatic carbocycles. The van der Waals surface area contributed by atoms with Crippen molar-refractivity contribution in [2.45, 2.75) is 83.0 Å². The lowest BCUT2D eigenvalue weighted by molar-refractivity contribution is -0.253. The van der Waals surface area contributed by atoms with Crippen molar-refractivity contribution >= 4 is 11.8 Å². The Morgan fingerprint density at radius 3 is 2.22 bits per heavy atom. The van der Waals surface area contributed by atoms with Crippen LogP contribution in [-0.2, 0) is 32.2 Å². The summed E-state index contributed by atoms with van der Waals surface area (Å²) in [6, 6.07) is 24.3. The maximum atomic E-state index is 12.4. The molecular formula is C36H45N3O6. The molecule has 240 valence electrons. The van der Waals surface area contributed by atoms with Crippen LogP contribution in [0.3, 0.4) is 0 Å². The van der Waals surface area contributed by atoms with Gasteiger partial charge in [-0.25, -0.2) is 5.48 Å². The normalized spacial score (nSPS) is 20.4. The van der Waals surface area contributed by atoms with Crippen molar-refractivity contribution in [3.63, 3.8) is 0 Å². The number of likely N-dealkylation sites (tertiary alicyclic amines) is 1. The molecule has 2 aliphatic heterocycles. The molecule has 2 aliphatic rings. The number of amides is 2. The van der Waals surface area contributed by atoms with E-state index in [0.29, 0.717) is 25.8 Å². The molecule has 9 nitrogen and oxygen atoms in total. The van der Waals surface area contributed by atoms with Crippen LogP contribution >= 0.6 is 0 Å². The van der Waals surface area contributed by atoms with Crippen LogP contribution in [0.4, 0.5) is 0 Å². The van der Waals surface area contributed by atoms with Gasteiger partial charge in [0.2, 0.25) is 11.8 Å². The highest BCUT2D eigenvalue weighted by atomic mass is 16.7. The predicted molar refractivity (Wildman–Crippen MR) is 171 cm³/mol. The summed E-state index contributed by atoms with van der Waals surface area (Å²) in [5.41, 5.74) is 7.63. The van der Waals surface area contributed by atoms with Crippen molar-refractivity contribution in [3.05, 3.63) is 95.1 Å². The van der Waals surface area contributed by atoms with E-state index in [1.54, 1.807) is 5.48 Å². The zero-order chi connectivity index (χ0) is 31.4. The van der Waals surface area contributed by atoms with Gasteiger partial charge in [-0.3, -0.25) is 14.8 Å². The third kappa shape index (κ3) is 9.45. The maximum absolute atomic E-state index is 12.4. The summed E-state index contributed by atoms with van der Waals surface area (Å²) in [4.78, 5) is 26.1. The highest BCUT2D eigenvalue weighted by Crippen LogP contribution is 2.39. The Bertz CT molecular complexity index is 1370. The third-order valence-electron chi connectivity index (χ3n) is 8.70. The van der Waals surface area contributed by atoms with E-state index in [9.17, 15) is 14.7 Å². The molecule has 4 N–H and O–H groups in total. The molecule has 2 fully saturated rings. The first kappa shape index (κ1) is 32.8. The molecule has 0 radical (unpaired) electrons. The molecule has 2 saturated heterocycles. The van der Waals surface area contributed by atoms with Gasteiger partial charge in [-0.1, -0.05) is 79.2 Å². The van der Waals surface area contributed by atoms with Crippen LogP contribution in [0.1, 0.15) is 86.0 Å². The van der Waals surface area contributed by atoms with Gasteiger partial charge in [0.1, 0.15) is 0 Å². The Morgan fingerprint density at radius 2 is 1.51 bits per heavy atom. The monoisotopic (exact) mass is 615 g/mol. The van der Waals surface area contributed by atoms with Gasteiger partial charge >= 0.3 is 0 Å². The van der Waals surface area contributed by atoms with E-state index in [0.717, 1.165) is 59.4 Å². The largest absolute Gasteiger partial charge is 0.392 e. The molecule has 2 amide bonds. The summed E-state index contributed by atoms with van der Waals surface area (Å²) >= 11 is 0. The van der Waals surface area contributed by atoms with Gasteiger partial charge in [0.05, 0.1) is 18.8 Å². The molecule has 0 saturated carbocycles. The summed E-state index contributed by atoms with van der Waals surface area (Å²) in [6.07, 6.45) is 5.59. The van der Waals surface area contributed by atoms with Crippen LogP contribution in [0.15, 0.2) is 72.8 Å². The Hall–Kier alpha value is -3.60. The van der Waals surface area contributed by atoms with Crippen molar-refractivity contribution in [2.24, 2.45) is 0 Å². The first-order valence-electron chi connectivity index (χ1n) is 16.1. The summed E-state index contributed by atoms with van der Waals surface area (Å²) in [6.45, 7) is 3.53. The van der Waals surface area contributed by atoms with Crippen LogP contribution in [0.25, 0.3) is 11.1 Å². The number of aliphatic hydroxyl groups is 1. The fourth-order valence-electron chi connectivity index (χ4n) is 6.15. The highest BCUT2D eigenvalue weighted by Gasteiger charge is 2.33. The van der Waals surface area contributed by atoms with Crippen molar-refractivity contribution in [2.75, 3.05) is 19.6 Å². The Kier molecular flexibility index (Phi) is 12.1. The zero-order valence-electron chi connectivity index (χ0n) is 25.8.